The minimum Gasteiger partial charge on any atom is -0.493 e. The zero-order valence-electron chi connectivity index (χ0n) is 22.7. The number of nitrogens with zero attached hydrogens (tertiary/aromatic N) is 2. The number of fused-ring (bicyclic) bond motifs is 1. The van der Waals surface area contributed by atoms with Gasteiger partial charge in [0.25, 0.3) is 5.56 Å². The molecule has 7 nitrogen and oxygen atoms in total. The molecule has 0 aliphatic carbocycles. The van der Waals surface area contributed by atoms with Crippen LogP contribution in [0.2, 0.25) is 0 Å². The van der Waals surface area contributed by atoms with E-state index in [1.807, 2.05) is 55.5 Å². The van der Waals surface area contributed by atoms with Gasteiger partial charge in [-0.15, -0.1) is 0 Å². The summed E-state index contributed by atoms with van der Waals surface area (Å²) >= 11 is 1.30. The van der Waals surface area contributed by atoms with Gasteiger partial charge in [-0.3, -0.25) is 9.36 Å². The van der Waals surface area contributed by atoms with Crippen molar-refractivity contribution in [1.82, 2.24) is 4.57 Å². The number of allylic oxidation sites excluding steroid dienone is 1. The van der Waals surface area contributed by atoms with E-state index in [-0.39, 0.29) is 12.2 Å². The lowest BCUT2D eigenvalue weighted by molar-refractivity contribution is -0.139. The van der Waals surface area contributed by atoms with E-state index in [0.717, 1.165) is 17.5 Å². The maximum Gasteiger partial charge on any atom is 0.338 e. The van der Waals surface area contributed by atoms with Gasteiger partial charge in [-0.1, -0.05) is 62.4 Å². The third-order valence-electron chi connectivity index (χ3n) is 6.38. The summed E-state index contributed by atoms with van der Waals surface area (Å²) in [5, 5.41) is 0. The maximum absolute atomic E-state index is 13.8. The largest absolute Gasteiger partial charge is 0.493 e. The average molecular weight is 535 g/mol. The number of aromatic nitrogens is 1. The SMILES string of the molecule is CCCOc1ccc(C=c2sc3n(c2=O)C(c2ccc(C(C)C)cc2)C(C(=O)OCC)=C(C)N=3)cc1OC. The van der Waals surface area contributed by atoms with Crippen LogP contribution in [0, 0.1) is 0 Å². The zero-order chi connectivity index (χ0) is 27.4. The van der Waals surface area contributed by atoms with Crippen molar-refractivity contribution in [2.24, 2.45) is 4.99 Å². The van der Waals surface area contributed by atoms with Crippen molar-refractivity contribution >= 4 is 23.4 Å². The highest BCUT2D eigenvalue weighted by molar-refractivity contribution is 7.07. The van der Waals surface area contributed by atoms with Gasteiger partial charge in [0, 0.05) is 0 Å². The summed E-state index contributed by atoms with van der Waals surface area (Å²) in [6.07, 6.45) is 2.71. The molecule has 0 saturated heterocycles. The second-order valence-electron chi connectivity index (χ2n) is 9.38. The molecule has 2 aromatic carbocycles. The summed E-state index contributed by atoms with van der Waals surface area (Å²) in [5.41, 5.74) is 3.52. The van der Waals surface area contributed by atoms with Crippen molar-refractivity contribution in [3.05, 3.63) is 90.1 Å². The van der Waals surface area contributed by atoms with Crippen LogP contribution in [0.25, 0.3) is 6.08 Å². The van der Waals surface area contributed by atoms with Crippen molar-refractivity contribution in [1.29, 1.82) is 0 Å². The summed E-state index contributed by atoms with van der Waals surface area (Å²) in [4.78, 5) is 32.1. The normalized spacial score (nSPS) is 15.3. The van der Waals surface area contributed by atoms with Gasteiger partial charge in [0.1, 0.15) is 0 Å². The van der Waals surface area contributed by atoms with Crippen LogP contribution >= 0.6 is 11.3 Å². The first kappa shape index (κ1) is 27.4. The summed E-state index contributed by atoms with van der Waals surface area (Å²) in [6, 6.07) is 13.0. The topological polar surface area (TPSA) is 79.1 Å². The Morgan fingerprint density at radius 2 is 1.87 bits per heavy atom. The summed E-state index contributed by atoms with van der Waals surface area (Å²) in [7, 11) is 1.59. The van der Waals surface area contributed by atoms with Crippen LogP contribution in [0.5, 0.6) is 11.5 Å². The Balaban J connectivity index is 1.86. The molecule has 1 aliphatic heterocycles. The fraction of sp³-hybridized carbons (Fsp3) is 0.367. The summed E-state index contributed by atoms with van der Waals surface area (Å²) < 4.78 is 18.8. The van der Waals surface area contributed by atoms with Gasteiger partial charge in [0.05, 0.1) is 42.2 Å². The number of carbonyl (C=O) groups is 1. The van der Waals surface area contributed by atoms with Crippen LogP contribution in [0.15, 0.2) is 63.5 Å². The number of hydrogen-bond acceptors (Lipinski definition) is 7. The van der Waals surface area contributed by atoms with Gasteiger partial charge in [-0.2, -0.15) is 0 Å². The molecule has 0 fully saturated rings. The molecule has 3 aromatic rings. The number of ether oxygens (including phenoxy) is 3. The highest BCUT2D eigenvalue weighted by Gasteiger charge is 2.33. The van der Waals surface area contributed by atoms with Crippen molar-refractivity contribution in [2.45, 2.75) is 53.0 Å². The first-order chi connectivity index (χ1) is 18.3. The second-order valence-corrected chi connectivity index (χ2v) is 10.4. The van der Waals surface area contributed by atoms with Crippen LogP contribution in [-0.2, 0) is 9.53 Å². The lowest BCUT2D eigenvalue weighted by Crippen LogP contribution is -2.39. The standard InChI is InChI=1S/C30H34N2O5S/c1-7-15-37-23-14-9-20(16-24(23)35-6)17-25-28(33)32-27(22-12-10-21(11-13-22)18(3)4)26(29(34)36-8-2)19(5)31-30(32)38-25/h9-14,16-18,27H,7-8,15H2,1-6H3. The third kappa shape index (κ3) is 5.45. The van der Waals surface area contributed by atoms with E-state index in [1.165, 1.54) is 16.9 Å². The van der Waals surface area contributed by atoms with E-state index >= 15 is 0 Å². The minimum absolute atomic E-state index is 0.216. The Hall–Kier alpha value is -3.65. The Bertz CT molecular complexity index is 1530. The van der Waals surface area contributed by atoms with Gasteiger partial charge in [-0.05, 0) is 61.1 Å². The molecule has 0 spiro atoms. The van der Waals surface area contributed by atoms with Crippen LogP contribution < -0.4 is 24.4 Å². The second kappa shape index (κ2) is 11.8. The highest BCUT2D eigenvalue weighted by atomic mass is 32.1. The molecular weight excluding hydrogens is 500 g/mol. The number of methoxy groups -OCH3 is 1. The summed E-state index contributed by atoms with van der Waals surface area (Å²) in [6.45, 7) is 10.7. The van der Waals surface area contributed by atoms with Gasteiger partial charge in [-0.25, -0.2) is 9.79 Å². The molecule has 0 amide bonds. The van der Waals surface area contributed by atoms with Gasteiger partial charge < -0.3 is 14.2 Å². The lowest BCUT2D eigenvalue weighted by atomic mass is 9.93. The molecule has 1 atom stereocenters. The number of esters is 1. The van der Waals surface area contributed by atoms with E-state index in [1.54, 1.807) is 25.5 Å². The van der Waals surface area contributed by atoms with Crippen LogP contribution in [0.3, 0.4) is 0 Å². The average Bonchev–Trinajstić information content (AvgIpc) is 3.21. The highest BCUT2D eigenvalue weighted by Crippen LogP contribution is 2.32. The Kier molecular flexibility index (Phi) is 8.52. The third-order valence-corrected chi connectivity index (χ3v) is 7.37. The van der Waals surface area contributed by atoms with Crippen molar-refractivity contribution in [3.63, 3.8) is 0 Å². The number of carbonyl (C=O) groups excluding carboxylic acids is 1. The number of benzene rings is 2. The molecule has 0 saturated carbocycles. The quantitative estimate of drug-likeness (QED) is 0.371. The predicted octanol–water partition coefficient (Wildman–Crippen LogP) is 4.72. The van der Waals surface area contributed by atoms with Crippen LogP contribution in [0.1, 0.15) is 69.7 Å². The Labute approximate surface area is 226 Å². The van der Waals surface area contributed by atoms with E-state index in [4.69, 9.17) is 14.2 Å². The number of rotatable bonds is 9. The van der Waals surface area contributed by atoms with Crippen molar-refractivity contribution in [2.75, 3.05) is 20.3 Å². The van der Waals surface area contributed by atoms with Gasteiger partial charge in [0.2, 0.25) is 0 Å². The molecule has 0 radical (unpaired) electrons. The molecule has 1 aromatic heterocycles. The molecule has 200 valence electrons. The lowest BCUT2D eigenvalue weighted by Gasteiger charge is -2.25. The molecule has 8 heteroatoms. The molecular formula is C30H34N2O5S. The Morgan fingerprint density at radius 1 is 1.13 bits per heavy atom. The van der Waals surface area contributed by atoms with Crippen molar-refractivity contribution in [3.8, 4) is 11.5 Å². The van der Waals surface area contributed by atoms with E-state index in [0.29, 0.717) is 44.6 Å². The van der Waals surface area contributed by atoms with Crippen LogP contribution in [0.4, 0.5) is 0 Å². The van der Waals surface area contributed by atoms with Gasteiger partial charge >= 0.3 is 5.97 Å². The minimum atomic E-state index is -0.631. The van der Waals surface area contributed by atoms with Crippen LogP contribution in [-0.4, -0.2) is 30.9 Å². The maximum atomic E-state index is 13.8. The molecule has 2 heterocycles. The fourth-order valence-corrected chi connectivity index (χ4v) is 5.47. The smallest absolute Gasteiger partial charge is 0.338 e. The number of hydrogen-bond donors (Lipinski definition) is 0. The molecule has 1 unspecified atom stereocenters. The molecule has 1 aliphatic rings. The summed E-state index contributed by atoms with van der Waals surface area (Å²) in [5.74, 6) is 1.16. The molecule has 4 rings (SSSR count). The monoisotopic (exact) mass is 534 g/mol. The molecule has 0 N–H and O–H groups in total. The molecule has 0 bridgehead atoms. The fourth-order valence-electron chi connectivity index (χ4n) is 4.43. The van der Waals surface area contributed by atoms with E-state index in [9.17, 15) is 9.59 Å². The first-order valence-electron chi connectivity index (χ1n) is 12.9. The number of thiazole rings is 1. The van der Waals surface area contributed by atoms with E-state index < -0.39 is 12.0 Å². The Morgan fingerprint density at radius 3 is 2.50 bits per heavy atom. The first-order valence-corrected chi connectivity index (χ1v) is 13.7. The van der Waals surface area contributed by atoms with Gasteiger partial charge in [0.15, 0.2) is 16.3 Å². The molecule has 38 heavy (non-hydrogen) atoms. The van der Waals surface area contributed by atoms with Crippen molar-refractivity contribution < 1.29 is 19.0 Å². The zero-order valence-corrected chi connectivity index (χ0v) is 23.6. The predicted molar refractivity (Wildman–Crippen MR) is 150 cm³/mol. The van der Waals surface area contributed by atoms with E-state index in [2.05, 4.69) is 18.8 Å².